The first kappa shape index (κ1) is 21.9. The minimum absolute atomic E-state index is 0.0125. The lowest BCUT2D eigenvalue weighted by Gasteiger charge is -2.30. The van der Waals surface area contributed by atoms with Gasteiger partial charge in [0.25, 0.3) is 5.91 Å². The number of carbonyl (C=O) groups excluding carboxylic acids is 1. The zero-order valence-corrected chi connectivity index (χ0v) is 18.1. The highest BCUT2D eigenvalue weighted by Gasteiger charge is 2.26. The second-order valence-corrected chi connectivity index (χ2v) is 8.35. The number of nitrogens with zero attached hydrogens (tertiary/aromatic N) is 5. The van der Waals surface area contributed by atoms with Gasteiger partial charge >= 0.3 is 0 Å². The molecular weight excluding hydrogens is 449 g/mol. The first-order valence-electron chi connectivity index (χ1n) is 10.8. The number of benzene rings is 1. The Morgan fingerprint density at radius 1 is 1.18 bits per heavy atom. The molecule has 3 heterocycles. The number of aromatic nitrogens is 6. The molecule has 1 saturated carbocycles. The number of rotatable bonds is 5. The Labute approximate surface area is 191 Å². The molecule has 4 aromatic rings. The van der Waals surface area contributed by atoms with E-state index in [4.69, 9.17) is 0 Å². The number of H-pyrrole nitrogens is 1. The van der Waals surface area contributed by atoms with E-state index < -0.39 is 17.5 Å². The van der Waals surface area contributed by atoms with Crippen molar-refractivity contribution in [3.8, 4) is 11.4 Å². The summed E-state index contributed by atoms with van der Waals surface area (Å²) in [5, 5.41) is 13.8. The Morgan fingerprint density at radius 3 is 2.79 bits per heavy atom. The number of nitrogens with one attached hydrogen (secondary N) is 3. The van der Waals surface area contributed by atoms with Crippen LogP contribution < -0.4 is 10.6 Å². The third-order valence-corrected chi connectivity index (χ3v) is 5.96. The lowest BCUT2D eigenvalue weighted by atomic mass is 9.91. The molecule has 1 aliphatic rings. The lowest BCUT2D eigenvalue weighted by Crippen LogP contribution is -2.42. The molecule has 1 fully saturated rings. The standard InChI is InChI=1S/C22H21F3N8O/c1-33-10-28-32-21(33)22(34)30-13-4-2-3-12(7-13)29-20-17(25)9-27-19(31-20)15-8-26-18-14(15)5-11(23)6-16(18)24/h5-6,8-10,12-13,26H,2-4,7H2,1H3,(H,30,34)(H,27,29,31)/t12-,13+/m0/s1. The van der Waals surface area contributed by atoms with Gasteiger partial charge < -0.3 is 20.2 Å². The number of aryl methyl sites for hydroxylation is 1. The third-order valence-electron chi connectivity index (χ3n) is 5.96. The lowest BCUT2D eigenvalue weighted by molar-refractivity contribution is 0.0912. The number of aromatic amines is 1. The zero-order valence-electron chi connectivity index (χ0n) is 18.1. The quantitative estimate of drug-likeness (QED) is 0.412. The van der Waals surface area contributed by atoms with E-state index in [0.717, 1.165) is 31.5 Å². The molecule has 0 saturated heterocycles. The Bertz CT molecular complexity index is 1370. The Balaban J connectivity index is 1.33. The van der Waals surface area contributed by atoms with Crippen molar-refractivity contribution in [2.45, 2.75) is 37.8 Å². The van der Waals surface area contributed by atoms with Crippen molar-refractivity contribution in [3.63, 3.8) is 0 Å². The van der Waals surface area contributed by atoms with Crippen LogP contribution >= 0.6 is 0 Å². The van der Waals surface area contributed by atoms with Gasteiger partial charge in [-0.05, 0) is 31.7 Å². The van der Waals surface area contributed by atoms with E-state index in [1.54, 1.807) is 7.05 Å². The monoisotopic (exact) mass is 470 g/mol. The van der Waals surface area contributed by atoms with Crippen LogP contribution in [0.5, 0.6) is 0 Å². The second kappa shape index (κ2) is 8.76. The summed E-state index contributed by atoms with van der Waals surface area (Å²) >= 11 is 0. The van der Waals surface area contributed by atoms with Gasteiger partial charge in [-0.1, -0.05) is 0 Å². The number of halogens is 3. The molecule has 0 bridgehead atoms. The molecule has 0 spiro atoms. The first-order valence-corrected chi connectivity index (χ1v) is 10.8. The van der Waals surface area contributed by atoms with Crippen molar-refractivity contribution in [1.82, 2.24) is 35.0 Å². The Kier molecular flexibility index (Phi) is 5.64. The molecule has 0 aliphatic heterocycles. The molecule has 0 radical (unpaired) electrons. The summed E-state index contributed by atoms with van der Waals surface area (Å²) in [4.78, 5) is 23.5. The number of anilines is 1. The van der Waals surface area contributed by atoms with Crippen LogP contribution in [0.15, 0.2) is 30.9 Å². The van der Waals surface area contributed by atoms with Crippen LogP contribution in [0.2, 0.25) is 0 Å². The summed E-state index contributed by atoms with van der Waals surface area (Å²) in [6.07, 6.45) is 6.86. The molecule has 1 aliphatic carbocycles. The largest absolute Gasteiger partial charge is 0.365 e. The highest BCUT2D eigenvalue weighted by Crippen LogP contribution is 2.30. The predicted octanol–water partition coefficient (Wildman–Crippen LogP) is 3.32. The summed E-state index contributed by atoms with van der Waals surface area (Å²) < 4.78 is 43.9. The molecule has 3 N–H and O–H groups in total. The maximum atomic E-state index is 14.5. The molecule has 176 valence electrons. The average Bonchev–Trinajstić information content (AvgIpc) is 3.42. The van der Waals surface area contributed by atoms with Crippen LogP contribution in [0.4, 0.5) is 19.0 Å². The molecule has 0 unspecified atom stereocenters. The first-order chi connectivity index (χ1) is 16.4. The second-order valence-electron chi connectivity index (χ2n) is 8.35. The van der Waals surface area contributed by atoms with Crippen molar-refractivity contribution in [2.24, 2.45) is 7.05 Å². The summed E-state index contributed by atoms with van der Waals surface area (Å²) in [7, 11) is 1.69. The van der Waals surface area contributed by atoms with Crippen LogP contribution in [0.3, 0.4) is 0 Å². The van der Waals surface area contributed by atoms with Crippen LogP contribution in [0, 0.1) is 17.5 Å². The van der Waals surface area contributed by atoms with Crippen LogP contribution in [-0.4, -0.2) is 47.7 Å². The number of amides is 1. The zero-order chi connectivity index (χ0) is 23.8. The number of carbonyl (C=O) groups is 1. The van der Waals surface area contributed by atoms with Gasteiger partial charge in [-0.3, -0.25) is 4.79 Å². The molecule has 1 amide bonds. The molecule has 3 aromatic heterocycles. The maximum Gasteiger partial charge on any atom is 0.289 e. The maximum absolute atomic E-state index is 14.5. The van der Waals surface area contributed by atoms with Crippen molar-refractivity contribution >= 4 is 22.6 Å². The fraction of sp³-hybridized carbons (Fsp3) is 0.318. The van der Waals surface area contributed by atoms with E-state index in [0.29, 0.717) is 12.0 Å². The van der Waals surface area contributed by atoms with Crippen molar-refractivity contribution < 1.29 is 18.0 Å². The molecular formula is C22H21F3N8O. The minimum Gasteiger partial charge on any atom is -0.365 e. The van der Waals surface area contributed by atoms with Gasteiger partial charge in [-0.15, -0.1) is 10.2 Å². The van der Waals surface area contributed by atoms with Crippen LogP contribution in [-0.2, 0) is 7.05 Å². The van der Waals surface area contributed by atoms with Crippen LogP contribution in [0.1, 0.15) is 36.3 Å². The van der Waals surface area contributed by atoms with Gasteiger partial charge in [0.1, 0.15) is 18.0 Å². The highest BCUT2D eigenvalue weighted by atomic mass is 19.1. The third kappa shape index (κ3) is 4.18. The number of fused-ring (bicyclic) bond motifs is 1. The van der Waals surface area contributed by atoms with Gasteiger partial charge in [0, 0.05) is 42.3 Å². The average molecular weight is 470 g/mol. The number of hydrogen-bond donors (Lipinski definition) is 3. The van der Waals surface area contributed by atoms with Gasteiger partial charge in [0.15, 0.2) is 17.5 Å². The molecule has 9 nitrogen and oxygen atoms in total. The summed E-state index contributed by atoms with van der Waals surface area (Å²) in [6.45, 7) is 0. The molecule has 2 atom stereocenters. The predicted molar refractivity (Wildman–Crippen MR) is 117 cm³/mol. The topological polar surface area (TPSA) is 113 Å². The van der Waals surface area contributed by atoms with Crippen molar-refractivity contribution in [2.75, 3.05) is 5.32 Å². The Morgan fingerprint density at radius 2 is 2.00 bits per heavy atom. The van der Waals surface area contributed by atoms with Crippen molar-refractivity contribution in [3.05, 3.63) is 54.1 Å². The van der Waals surface area contributed by atoms with E-state index >= 15 is 0 Å². The number of hydrogen-bond acceptors (Lipinski definition) is 6. The molecule has 12 heteroatoms. The molecule has 34 heavy (non-hydrogen) atoms. The highest BCUT2D eigenvalue weighted by molar-refractivity contribution is 5.94. The summed E-state index contributed by atoms with van der Waals surface area (Å²) in [5.74, 6) is -2.11. The van der Waals surface area contributed by atoms with Gasteiger partial charge in [0.2, 0.25) is 5.82 Å². The van der Waals surface area contributed by atoms with Crippen molar-refractivity contribution in [1.29, 1.82) is 0 Å². The van der Waals surface area contributed by atoms with Gasteiger partial charge in [-0.2, -0.15) is 0 Å². The van der Waals surface area contributed by atoms with Gasteiger partial charge in [-0.25, -0.2) is 23.1 Å². The normalized spacial score (nSPS) is 18.2. The minimum atomic E-state index is -0.738. The SMILES string of the molecule is Cn1cnnc1C(=O)N[C@@H]1CCC[C@H](Nc2nc(-c3c[nH]c4c(F)cc(F)cc34)ncc2F)C1. The van der Waals surface area contributed by atoms with E-state index in [9.17, 15) is 18.0 Å². The smallest absolute Gasteiger partial charge is 0.289 e. The van der Waals surface area contributed by atoms with E-state index in [1.165, 1.54) is 23.2 Å². The summed E-state index contributed by atoms with van der Waals surface area (Å²) in [6, 6.07) is 1.69. The van der Waals surface area contributed by atoms with E-state index in [1.807, 2.05) is 0 Å². The van der Waals surface area contributed by atoms with Gasteiger partial charge in [0.05, 0.1) is 11.7 Å². The van der Waals surface area contributed by atoms with E-state index in [2.05, 4.69) is 35.8 Å². The Hall–Kier alpha value is -3.96. The summed E-state index contributed by atoms with van der Waals surface area (Å²) in [5.41, 5.74) is 0.474. The molecule has 5 rings (SSSR count). The van der Waals surface area contributed by atoms with E-state index in [-0.39, 0.29) is 46.4 Å². The molecule has 1 aromatic carbocycles. The fourth-order valence-corrected chi connectivity index (χ4v) is 4.32. The fourth-order valence-electron chi connectivity index (χ4n) is 4.32. The van der Waals surface area contributed by atoms with Crippen LogP contribution in [0.25, 0.3) is 22.3 Å².